The Morgan fingerprint density at radius 2 is 1.87 bits per heavy atom. The maximum atomic E-state index is 15.0. The number of halogens is 1. The number of esters is 1. The second-order valence-corrected chi connectivity index (χ2v) is 10.1. The van der Waals surface area contributed by atoms with Gasteiger partial charge in [0.1, 0.15) is 0 Å². The zero-order chi connectivity index (χ0) is 21.7. The summed E-state index contributed by atoms with van der Waals surface area (Å²) < 4.78 is 25.7. The van der Waals surface area contributed by atoms with Crippen molar-refractivity contribution in [2.45, 2.75) is 79.1 Å². The van der Waals surface area contributed by atoms with Crippen molar-refractivity contribution in [1.82, 2.24) is 0 Å². The van der Waals surface area contributed by atoms with E-state index in [9.17, 15) is 4.79 Å². The Bertz CT molecular complexity index is 822. The minimum absolute atomic E-state index is 0.184. The van der Waals surface area contributed by atoms with Gasteiger partial charge in [-0.2, -0.15) is 4.39 Å². The lowest BCUT2D eigenvalue weighted by atomic mass is 9.47. The van der Waals surface area contributed by atoms with Crippen molar-refractivity contribution < 1.29 is 18.7 Å². The average molecular weight is 417 g/mol. The number of hydrogen-bond acceptors (Lipinski definition) is 3. The summed E-state index contributed by atoms with van der Waals surface area (Å²) in [5, 5.41) is 0. The van der Waals surface area contributed by atoms with Crippen molar-refractivity contribution in [2.24, 2.45) is 28.6 Å². The first-order valence-electron chi connectivity index (χ1n) is 11.8. The lowest BCUT2D eigenvalue weighted by molar-refractivity contribution is -0.140. The molecule has 4 aliphatic rings. The van der Waals surface area contributed by atoms with Crippen molar-refractivity contribution in [2.75, 3.05) is 13.7 Å². The van der Waals surface area contributed by atoms with Gasteiger partial charge in [0.25, 0.3) is 0 Å². The van der Waals surface area contributed by atoms with E-state index in [1.807, 2.05) is 0 Å². The normalized spacial score (nSPS) is 39.5. The summed E-state index contributed by atoms with van der Waals surface area (Å²) in [6.45, 7) is 8.85. The number of carbonyl (C=O) groups excluding carboxylic acids is 1. The van der Waals surface area contributed by atoms with Crippen LogP contribution in [-0.2, 0) is 14.3 Å². The lowest BCUT2D eigenvalue weighted by Gasteiger charge is -2.57. The summed E-state index contributed by atoms with van der Waals surface area (Å²) in [6, 6.07) is 0. The standard InChI is InChI=1S/C26H37FO3/c1-6-16-18-9-8-17-19-10-11-21(23(27)24(28)30-7-2)26(19,4)14-12-20(17)25(18,3)15-13-22(16)29-5/h9,17,19-20H,6-8,10-15H2,1-5H3/t17-,19-,20-,25-,26-/m0/s1. The molecule has 0 aliphatic heterocycles. The third-order valence-electron chi connectivity index (χ3n) is 9.10. The van der Waals surface area contributed by atoms with E-state index in [0.29, 0.717) is 24.2 Å². The highest BCUT2D eigenvalue weighted by molar-refractivity contribution is 5.87. The van der Waals surface area contributed by atoms with Crippen molar-refractivity contribution in [3.05, 3.63) is 34.4 Å². The van der Waals surface area contributed by atoms with E-state index < -0.39 is 11.8 Å². The molecule has 4 aliphatic carbocycles. The molecule has 2 fully saturated rings. The molecule has 4 rings (SSSR count). The number of fused-ring (bicyclic) bond motifs is 5. The molecule has 0 amide bonds. The third kappa shape index (κ3) is 3.00. The molecule has 3 nitrogen and oxygen atoms in total. The Balaban J connectivity index is 1.69. The highest BCUT2D eigenvalue weighted by Gasteiger charge is 2.58. The molecule has 166 valence electrons. The quantitative estimate of drug-likeness (QED) is 0.380. The number of carbonyl (C=O) groups is 1. The largest absolute Gasteiger partial charge is 0.501 e. The van der Waals surface area contributed by atoms with Crippen molar-refractivity contribution in [3.63, 3.8) is 0 Å². The van der Waals surface area contributed by atoms with Crippen LogP contribution in [0.15, 0.2) is 34.4 Å². The monoisotopic (exact) mass is 416 g/mol. The first kappa shape index (κ1) is 21.6. The molecule has 5 atom stereocenters. The number of allylic oxidation sites excluding steroid dienone is 5. The van der Waals surface area contributed by atoms with Gasteiger partial charge in [-0.3, -0.25) is 0 Å². The van der Waals surface area contributed by atoms with Crippen LogP contribution < -0.4 is 0 Å². The van der Waals surface area contributed by atoms with Crippen molar-refractivity contribution in [3.8, 4) is 0 Å². The minimum atomic E-state index is -0.772. The predicted molar refractivity (Wildman–Crippen MR) is 116 cm³/mol. The molecule has 0 spiro atoms. The van der Waals surface area contributed by atoms with E-state index in [2.05, 4.69) is 26.8 Å². The number of methoxy groups -OCH3 is 1. The molecule has 0 aromatic carbocycles. The fraction of sp³-hybridized carbons (Fsp3) is 0.731. The van der Waals surface area contributed by atoms with Gasteiger partial charge in [-0.1, -0.05) is 26.8 Å². The lowest BCUT2D eigenvalue weighted by Crippen LogP contribution is -2.49. The van der Waals surface area contributed by atoms with Crippen molar-refractivity contribution in [1.29, 1.82) is 0 Å². The average Bonchev–Trinajstić information content (AvgIpc) is 3.09. The zero-order valence-corrected chi connectivity index (χ0v) is 19.3. The van der Waals surface area contributed by atoms with Crippen LogP contribution in [0.25, 0.3) is 0 Å². The van der Waals surface area contributed by atoms with E-state index >= 15 is 4.39 Å². The van der Waals surface area contributed by atoms with Gasteiger partial charge >= 0.3 is 5.97 Å². The molecular weight excluding hydrogens is 379 g/mol. The van der Waals surface area contributed by atoms with E-state index in [-0.39, 0.29) is 17.4 Å². The molecular formula is C26H37FO3. The van der Waals surface area contributed by atoms with Gasteiger partial charge in [0.2, 0.25) is 5.83 Å². The van der Waals surface area contributed by atoms with Gasteiger partial charge in [-0.25, -0.2) is 4.79 Å². The van der Waals surface area contributed by atoms with E-state index in [1.54, 1.807) is 14.0 Å². The molecule has 0 saturated heterocycles. The van der Waals surface area contributed by atoms with E-state index in [0.717, 1.165) is 50.5 Å². The second kappa shape index (κ2) is 7.84. The van der Waals surface area contributed by atoms with Crippen LogP contribution in [0.5, 0.6) is 0 Å². The van der Waals surface area contributed by atoms with Crippen LogP contribution in [0.1, 0.15) is 79.1 Å². The summed E-state index contributed by atoms with van der Waals surface area (Å²) in [6.07, 6.45) is 10.4. The summed E-state index contributed by atoms with van der Waals surface area (Å²) >= 11 is 0. The maximum Gasteiger partial charge on any atom is 0.367 e. The summed E-state index contributed by atoms with van der Waals surface area (Å²) in [5.74, 6) is 1.41. The molecule has 0 aromatic heterocycles. The van der Waals surface area contributed by atoms with E-state index in [4.69, 9.17) is 9.47 Å². The molecule has 0 N–H and O–H groups in total. The first-order chi connectivity index (χ1) is 14.3. The van der Waals surface area contributed by atoms with Gasteiger partial charge in [-0.05, 0) is 97.2 Å². The van der Waals surface area contributed by atoms with Crippen LogP contribution in [0, 0.1) is 28.6 Å². The topological polar surface area (TPSA) is 35.5 Å². The van der Waals surface area contributed by atoms with Gasteiger partial charge in [0.15, 0.2) is 0 Å². The summed E-state index contributed by atoms with van der Waals surface area (Å²) in [4.78, 5) is 12.1. The van der Waals surface area contributed by atoms with Gasteiger partial charge in [0, 0.05) is 6.42 Å². The molecule has 0 radical (unpaired) electrons. The Morgan fingerprint density at radius 3 is 2.53 bits per heavy atom. The number of hydrogen-bond donors (Lipinski definition) is 0. The fourth-order valence-corrected chi connectivity index (χ4v) is 7.66. The van der Waals surface area contributed by atoms with Crippen LogP contribution in [0.4, 0.5) is 4.39 Å². The predicted octanol–water partition coefficient (Wildman–Crippen LogP) is 6.66. The highest BCUT2D eigenvalue weighted by Crippen LogP contribution is 2.67. The Labute approximate surface area is 180 Å². The molecule has 0 aromatic rings. The third-order valence-corrected chi connectivity index (χ3v) is 9.10. The summed E-state index contributed by atoms with van der Waals surface area (Å²) in [5.41, 5.74) is 3.63. The molecule has 30 heavy (non-hydrogen) atoms. The van der Waals surface area contributed by atoms with Crippen molar-refractivity contribution >= 4 is 5.97 Å². The summed E-state index contributed by atoms with van der Waals surface area (Å²) in [7, 11) is 1.80. The first-order valence-corrected chi connectivity index (χ1v) is 11.8. The van der Waals surface area contributed by atoms with Gasteiger partial charge in [0.05, 0.1) is 19.5 Å². The molecule has 0 unspecified atom stereocenters. The second-order valence-electron chi connectivity index (χ2n) is 10.1. The van der Waals surface area contributed by atoms with Crippen LogP contribution >= 0.6 is 0 Å². The zero-order valence-electron chi connectivity index (χ0n) is 19.3. The molecule has 0 heterocycles. The number of rotatable bonds is 4. The minimum Gasteiger partial charge on any atom is -0.501 e. The molecule has 0 bridgehead atoms. The Kier molecular flexibility index (Phi) is 5.65. The SMILES string of the molecule is CCOC(=O)C(F)=C1CC[C@H]2[C@@H]3CC=C4C(CC)=C(OC)CC[C@]4(C)[C@H]3CC[C@]12C. The smallest absolute Gasteiger partial charge is 0.367 e. The highest BCUT2D eigenvalue weighted by atomic mass is 19.1. The van der Waals surface area contributed by atoms with E-state index in [1.165, 1.54) is 16.9 Å². The van der Waals surface area contributed by atoms with Gasteiger partial charge < -0.3 is 9.47 Å². The maximum absolute atomic E-state index is 15.0. The fourth-order valence-electron chi connectivity index (χ4n) is 7.66. The Morgan fingerprint density at radius 1 is 1.13 bits per heavy atom. The number of ether oxygens (including phenoxy) is 2. The van der Waals surface area contributed by atoms with Crippen LogP contribution in [-0.4, -0.2) is 19.7 Å². The molecule has 4 heteroatoms. The van der Waals surface area contributed by atoms with Crippen LogP contribution in [0.3, 0.4) is 0 Å². The molecule has 2 saturated carbocycles. The van der Waals surface area contributed by atoms with Crippen LogP contribution in [0.2, 0.25) is 0 Å². The van der Waals surface area contributed by atoms with Gasteiger partial charge in [-0.15, -0.1) is 0 Å². The Hall–Kier alpha value is -1.58.